The van der Waals surface area contributed by atoms with E-state index in [1.54, 1.807) is 0 Å². The molecule has 0 radical (unpaired) electrons. The zero-order chi connectivity index (χ0) is 7.28. The van der Waals surface area contributed by atoms with Crippen LogP contribution in [0.1, 0.15) is 6.92 Å². The minimum atomic E-state index is -0.357. The molecule has 0 unspecified atom stereocenters. The number of hydrogen-bond acceptors (Lipinski definition) is 3. The van der Waals surface area contributed by atoms with Crippen LogP contribution in [0.4, 0.5) is 0 Å². The van der Waals surface area contributed by atoms with Crippen LogP contribution in [0.3, 0.4) is 0 Å². The molecular weight excluding hydrogens is 120 g/mol. The summed E-state index contributed by atoms with van der Waals surface area (Å²) in [7, 11) is 0. The Morgan fingerprint density at radius 2 is 2.33 bits per heavy atom. The van der Waals surface area contributed by atoms with Crippen molar-refractivity contribution in [2.45, 2.75) is 6.92 Å². The van der Waals surface area contributed by atoms with Crippen LogP contribution in [0.15, 0.2) is 12.2 Å². The molecule has 0 rings (SSSR count). The highest BCUT2D eigenvalue weighted by Gasteiger charge is 1.93. The van der Waals surface area contributed by atoms with E-state index in [2.05, 4.69) is 11.3 Å². The maximum absolute atomic E-state index is 10.1. The molecule has 0 aromatic carbocycles. The van der Waals surface area contributed by atoms with Gasteiger partial charge in [-0.25, -0.2) is 0 Å². The fourth-order valence-electron chi connectivity index (χ4n) is 0.249. The van der Waals surface area contributed by atoms with E-state index in [-0.39, 0.29) is 19.2 Å². The highest BCUT2D eigenvalue weighted by Crippen LogP contribution is 1.88. The molecule has 3 heteroatoms. The van der Waals surface area contributed by atoms with Crippen LogP contribution in [0, 0.1) is 0 Å². The molecule has 0 atom stereocenters. The smallest absolute Gasteiger partial charge is 0.302 e. The highest BCUT2D eigenvalue weighted by molar-refractivity contribution is 5.66. The number of esters is 1. The molecule has 0 aromatic rings. The molecule has 3 nitrogen and oxygen atoms in total. The Morgan fingerprint density at radius 3 is 2.67 bits per heavy atom. The Balaban J connectivity index is 3.28. The summed E-state index contributed by atoms with van der Waals surface area (Å²) in [6.45, 7) is 4.71. The molecule has 52 valence electrons. The van der Waals surface area contributed by atoms with Crippen molar-refractivity contribution in [2.24, 2.45) is 0 Å². The highest BCUT2D eigenvalue weighted by atomic mass is 16.5. The molecule has 0 bridgehead atoms. The lowest BCUT2D eigenvalue weighted by molar-refractivity contribution is -0.140. The van der Waals surface area contributed by atoms with Crippen molar-refractivity contribution in [1.82, 2.24) is 0 Å². The largest absolute Gasteiger partial charge is 0.461 e. The lowest BCUT2D eigenvalue weighted by atomic mass is 10.3. The van der Waals surface area contributed by atoms with Crippen molar-refractivity contribution in [3.63, 3.8) is 0 Å². The van der Waals surface area contributed by atoms with Crippen molar-refractivity contribution >= 4 is 5.97 Å². The molecule has 0 saturated heterocycles. The second-order valence-corrected chi connectivity index (χ2v) is 1.69. The Bertz CT molecular complexity index is 117. The van der Waals surface area contributed by atoms with Gasteiger partial charge in [0.2, 0.25) is 0 Å². The van der Waals surface area contributed by atoms with Crippen LogP contribution in [-0.4, -0.2) is 24.3 Å². The average Bonchev–Trinajstić information content (AvgIpc) is 1.83. The molecule has 0 fully saturated rings. The van der Waals surface area contributed by atoms with Crippen LogP contribution < -0.4 is 0 Å². The van der Waals surface area contributed by atoms with Gasteiger partial charge in [0.15, 0.2) is 0 Å². The van der Waals surface area contributed by atoms with Gasteiger partial charge < -0.3 is 9.84 Å². The van der Waals surface area contributed by atoms with E-state index in [1.807, 2.05) is 0 Å². The number of carbonyl (C=O) groups is 1. The van der Waals surface area contributed by atoms with E-state index < -0.39 is 0 Å². The van der Waals surface area contributed by atoms with Crippen LogP contribution in [-0.2, 0) is 9.53 Å². The standard InChI is InChI=1S/C6H10O3/c1-5(3-7)4-9-6(2)8/h7H,1,3-4H2,2H3. The van der Waals surface area contributed by atoms with Gasteiger partial charge in [0.1, 0.15) is 6.61 Å². The minimum absolute atomic E-state index is 0.117. The van der Waals surface area contributed by atoms with Crippen LogP contribution in [0.25, 0.3) is 0 Å². The Kier molecular flexibility index (Phi) is 3.71. The summed E-state index contributed by atoms with van der Waals surface area (Å²) in [5.41, 5.74) is 0.505. The summed E-state index contributed by atoms with van der Waals surface area (Å²) in [5.74, 6) is -0.357. The van der Waals surface area contributed by atoms with E-state index in [4.69, 9.17) is 5.11 Å². The molecule has 0 aliphatic rings. The summed E-state index contributed by atoms with van der Waals surface area (Å²) in [6.07, 6.45) is 0. The lowest BCUT2D eigenvalue weighted by Crippen LogP contribution is -2.04. The first-order valence-electron chi connectivity index (χ1n) is 2.57. The molecule has 0 saturated carbocycles. The van der Waals surface area contributed by atoms with Gasteiger partial charge in [-0.2, -0.15) is 0 Å². The van der Waals surface area contributed by atoms with Crippen molar-refractivity contribution in [3.05, 3.63) is 12.2 Å². The summed E-state index contributed by atoms with van der Waals surface area (Å²) in [5, 5.41) is 8.36. The zero-order valence-electron chi connectivity index (χ0n) is 5.39. The summed E-state index contributed by atoms with van der Waals surface area (Å²) in [4.78, 5) is 10.1. The predicted octanol–water partition coefficient (Wildman–Crippen LogP) is 0.0980. The minimum Gasteiger partial charge on any atom is -0.461 e. The number of hydrogen-bond donors (Lipinski definition) is 1. The lowest BCUT2D eigenvalue weighted by Gasteiger charge is -2.00. The van der Waals surface area contributed by atoms with E-state index >= 15 is 0 Å². The summed E-state index contributed by atoms with van der Waals surface area (Å²) < 4.78 is 4.50. The molecule has 0 aromatic heterocycles. The van der Waals surface area contributed by atoms with Gasteiger partial charge in [0.05, 0.1) is 6.61 Å². The normalized spacial score (nSPS) is 8.67. The van der Waals surface area contributed by atoms with Gasteiger partial charge in [-0.05, 0) is 5.57 Å². The fraction of sp³-hybridized carbons (Fsp3) is 0.500. The number of aliphatic hydroxyl groups is 1. The maximum atomic E-state index is 10.1. The van der Waals surface area contributed by atoms with E-state index in [0.29, 0.717) is 5.57 Å². The number of rotatable bonds is 3. The molecule has 9 heavy (non-hydrogen) atoms. The van der Waals surface area contributed by atoms with Crippen LogP contribution in [0.5, 0.6) is 0 Å². The molecule has 0 amide bonds. The Morgan fingerprint density at radius 1 is 1.78 bits per heavy atom. The van der Waals surface area contributed by atoms with Crippen molar-refractivity contribution in [2.75, 3.05) is 13.2 Å². The van der Waals surface area contributed by atoms with E-state index in [9.17, 15) is 4.79 Å². The molecule has 0 heterocycles. The number of ether oxygens (including phenoxy) is 1. The van der Waals surface area contributed by atoms with Crippen LogP contribution in [0.2, 0.25) is 0 Å². The third kappa shape index (κ3) is 5.03. The first-order valence-corrected chi connectivity index (χ1v) is 2.57. The molecule has 0 aliphatic carbocycles. The van der Waals surface area contributed by atoms with Crippen molar-refractivity contribution < 1.29 is 14.6 Å². The first-order chi connectivity index (χ1) is 4.16. The second-order valence-electron chi connectivity index (χ2n) is 1.69. The van der Waals surface area contributed by atoms with Crippen molar-refractivity contribution in [1.29, 1.82) is 0 Å². The Labute approximate surface area is 53.9 Å². The summed E-state index contributed by atoms with van der Waals surface area (Å²) >= 11 is 0. The molecule has 0 spiro atoms. The molecule has 1 N–H and O–H groups in total. The fourth-order valence-corrected chi connectivity index (χ4v) is 0.249. The SMILES string of the molecule is C=C(CO)COC(C)=O. The van der Waals surface area contributed by atoms with E-state index in [0.717, 1.165) is 0 Å². The maximum Gasteiger partial charge on any atom is 0.302 e. The van der Waals surface area contributed by atoms with Gasteiger partial charge in [-0.3, -0.25) is 4.79 Å². The van der Waals surface area contributed by atoms with E-state index in [1.165, 1.54) is 6.92 Å². The second kappa shape index (κ2) is 4.09. The Hall–Kier alpha value is -0.830. The van der Waals surface area contributed by atoms with Crippen molar-refractivity contribution in [3.8, 4) is 0 Å². The number of aliphatic hydroxyl groups excluding tert-OH is 1. The first kappa shape index (κ1) is 8.17. The molecular formula is C6H10O3. The third-order valence-corrected chi connectivity index (χ3v) is 0.703. The third-order valence-electron chi connectivity index (χ3n) is 0.703. The zero-order valence-corrected chi connectivity index (χ0v) is 5.39. The molecule has 0 aliphatic heterocycles. The van der Waals surface area contributed by atoms with Gasteiger partial charge in [0.25, 0.3) is 0 Å². The number of carbonyl (C=O) groups excluding carboxylic acids is 1. The predicted molar refractivity (Wildman–Crippen MR) is 32.9 cm³/mol. The quantitative estimate of drug-likeness (QED) is 0.435. The topological polar surface area (TPSA) is 46.5 Å². The summed E-state index contributed by atoms with van der Waals surface area (Å²) in [6, 6.07) is 0. The van der Waals surface area contributed by atoms with Gasteiger partial charge in [-0.15, -0.1) is 0 Å². The van der Waals surface area contributed by atoms with Gasteiger partial charge >= 0.3 is 5.97 Å². The van der Waals surface area contributed by atoms with Gasteiger partial charge in [-0.1, -0.05) is 6.58 Å². The van der Waals surface area contributed by atoms with Gasteiger partial charge in [0, 0.05) is 6.92 Å². The van der Waals surface area contributed by atoms with Crippen LogP contribution >= 0.6 is 0 Å². The monoisotopic (exact) mass is 130 g/mol. The average molecular weight is 130 g/mol.